The van der Waals surface area contributed by atoms with Crippen LogP contribution in [0.4, 0.5) is 10.1 Å². The van der Waals surface area contributed by atoms with Crippen LogP contribution in [0.3, 0.4) is 0 Å². The fourth-order valence-electron chi connectivity index (χ4n) is 4.48. The summed E-state index contributed by atoms with van der Waals surface area (Å²) in [5.74, 6) is 0.182. The van der Waals surface area contributed by atoms with Gasteiger partial charge in [0.15, 0.2) is 12.4 Å². The number of amides is 1. The van der Waals surface area contributed by atoms with Gasteiger partial charge in [0.1, 0.15) is 22.9 Å². The van der Waals surface area contributed by atoms with Crippen molar-refractivity contribution in [1.82, 2.24) is 9.66 Å². The number of hydrogen-bond donors (Lipinski definition) is 1. The van der Waals surface area contributed by atoms with Crippen LogP contribution < -0.4 is 20.3 Å². The molecular formula is C32H22ClFN4O5. The van der Waals surface area contributed by atoms with E-state index in [-0.39, 0.29) is 17.3 Å². The second-order valence-electron chi connectivity index (χ2n) is 9.30. The number of nitrogens with zero attached hydrogens (tertiary/aromatic N) is 3. The second kappa shape index (κ2) is 11.8. The summed E-state index contributed by atoms with van der Waals surface area (Å²) in [4.78, 5) is 30.8. The van der Waals surface area contributed by atoms with Crippen LogP contribution in [0.15, 0.2) is 105 Å². The minimum absolute atomic E-state index is 0.0351. The number of halogens is 2. The number of aromatic nitrogens is 2. The molecule has 0 aliphatic heterocycles. The zero-order valence-corrected chi connectivity index (χ0v) is 23.3. The molecule has 6 aromatic rings. The number of hydrogen-bond acceptors (Lipinski definition) is 7. The van der Waals surface area contributed by atoms with E-state index in [2.05, 4.69) is 15.4 Å². The molecule has 0 fully saturated rings. The number of carbonyl (C=O) groups is 1. The van der Waals surface area contributed by atoms with E-state index in [9.17, 15) is 14.0 Å². The van der Waals surface area contributed by atoms with Crippen LogP contribution in [0.1, 0.15) is 5.56 Å². The molecule has 0 unspecified atom stereocenters. The van der Waals surface area contributed by atoms with Crippen LogP contribution in [-0.4, -0.2) is 35.5 Å². The first kappa shape index (κ1) is 27.7. The van der Waals surface area contributed by atoms with Gasteiger partial charge in [-0.05, 0) is 60.7 Å². The molecule has 0 atom stereocenters. The Hall–Kier alpha value is -5.48. The summed E-state index contributed by atoms with van der Waals surface area (Å²) in [7, 11) is 1.56. The second-order valence-corrected chi connectivity index (χ2v) is 9.73. The molecule has 0 saturated heterocycles. The molecule has 11 heteroatoms. The molecule has 214 valence electrons. The molecular weight excluding hydrogens is 575 g/mol. The Balaban J connectivity index is 1.37. The van der Waals surface area contributed by atoms with Crippen LogP contribution in [0, 0.1) is 5.82 Å². The predicted molar refractivity (Wildman–Crippen MR) is 163 cm³/mol. The van der Waals surface area contributed by atoms with E-state index in [1.54, 1.807) is 79.9 Å². The Labute approximate surface area is 248 Å². The minimum Gasteiger partial charge on any atom is -0.496 e. The number of fused-ring (bicyclic) bond motifs is 2. The lowest BCUT2D eigenvalue weighted by Gasteiger charge is -2.11. The smallest absolute Gasteiger partial charge is 0.282 e. The van der Waals surface area contributed by atoms with Crippen molar-refractivity contribution in [2.45, 2.75) is 0 Å². The fourth-order valence-corrected chi connectivity index (χ4v) is 4.66. The average Bonchev–Trinajstić information content (AvgIpc) is 3.46. The van der Waals surface area contributed by atoms with Gasteiger partial charge in [0, 0.05) is 10.6 Å². The number of carbonyl (C=O) groups excluding carboxylic acids is 1. The summed E-state index contributed by atoms with van der Waals surface area (Å²) in [6.45, 7) is -0.416. The molecule has 43 heavy (non-hydrogen) atoms. The lowest BCUT2D eigenvalue weighted by Crippen LogP contribution is -2.21. The van der Waals surface area contributed by atoms with Crippen molar-refractivity contribution >= 4 is 51.3 Å². The van der Waals surface area contributed by atoms with Gasteiger partial charge in [-0.1, -0.05) is 41.9 Å². The van der Waals surface area contributed by atoms with E-state index in [0.717, 1.165) is 4.68 Å². The van der Waals surface area contributed by atoms with Gasteiger partial charge < -0.3 is 19.2 Å². The standard InChI is InChI=1S/C32H22ClFN4O5/c1-41-27-11-6-12-28-22(27)16-29(43-28)31-37-24-9-4-2-7-21(24)32(40)38(31)35-17-19-15-20(33)13-14-26(19)42-18-30(39)36-25-10-5-3-8-23(25)34/h2-17H,18H2,1H3,(H,36,39). The van der Waals surface area contributed by atoms with E-state index in [0.29, 0.717) is 44.0 Å². The van der Waals surface area contributed by atoms with Crippen LogP contribution in [0.2, 0.25) is 5.02 Å². The van der Waals surface area contributed by atoms with Crippen LogP contribution in [-0.2, 0) is 4.79 Å². The van der Waals surface area contributed by atoms with Gasteiger partial charge in [-0.15, -0.1) is 0 Å². The number of ether oxygens (including phenoxy) is 2. The minimum atomic E-state index is -0.569. The number of benzene rings is 4. The molecule has 9 nitrogen and oxygen atoms in total. The van der Waals surface area contributed by atoms with Gasteiger partial charge in [-0.25, -0.2) is 9.37 Å². The van der Waals surface area contributed by atoms with Crippen molar-refractivity contribution in [3.63, 3.8) is 0 Å². The highest BCUT2D eigenvalue weighted by Gasteiger charge is 2.18. The van der Waals surface area contributed by atoms with Crippen molar-refractivity contribution in [3.8, 4) is 23.1 Å². The highest BCUT2D eigenvalue weighted by Crippen LogP contribution is 2.33. The summed E-state index contributed by atoms with van der Waals surface area (Å²) in [6.07, 6.45) is 1.38. The highest BCUT2D eigenvalue weighted by atomic mass is 35.5. The maximum atomic E-state index is 13.9. The van der Waals surface area contributed by atoms with Crippen molar-refractivity contribution in [2.75, 3.05) is 19.0 Å². The van der Waals surface area contributed by atoms with Crippen molar-refractivity contribution in [3.05, 3.63) is 118 Å². The fraction of sp³-hybridized carbons (Fsp3) is 0.0625. The van der Waals surface area contributed by atoms with E-state index in [1.807, 2.05) is 0 Å². The van der Waals surface area contributed by atoms with E-state index in [1.165, 1.54) is 24.4 Å². The molecule has 0 aliphatic rings. The van der Waals surface area contributed by atoms with Gasteiger partial charge in [0.05, 0.1) is 35.3 Å². The third-order valence-corrected chi connectivity index (χ3v) is 6.74. The summed E-state index contributed by atoms with van der Waals surface area (Å²) in [5.41, 5.74) is 0.995. The maximum absolute atomic E-state index is 13.9. The zero-order chi connectivity index (χ0) is 29.9. The van der Waals surface area contributed by atoms with Crippen LogP contribution in [0.25, 0.3) is 33.5 Å². The van der Waals surface area contributed by atoms with Gasteiger partial charge in [0.2, 0.25) is 5.82 Å². The molecule has 1 N–H and O–H groups in total. The Kier molecular flexibility index (Phi) is 7.59. The third-order valence-electron chi connectivity index (χ3n) is 6.51. The molecule has 0 aliphatic carbocycles. The number of nitrogens with one attached hydrogen (secondary N) is 1. The monoisotopic (exact) mass is 596 g/mol. The van der Waals surface area contributed by atoms with Crippen molar-refractivity contribution in [1.29, 1.82) is 0 Å². The largest absolute Gasteiger partial charge is 0.496 e. The topological polar surface area (TPSA) is 108 Å². The normalized spacial score (nSPS) is 11.3. The Morgan fingerprint density at radius 1 is 1.02 bits per heavy atom. The van der Waals surface area contributed by atoms with E-state index >= 15 is 0 Å². The zero-order valence-electron chi connectivity index (χ0n) is 22.6. The van der Waals surface area contributed by atoms with Gasteiger partial charge >= 0.3 is 0 Å². The molecule has 0 spiro atoms. The molecule has 2 heterocycles. The lowest BCUT2D eigenvalue weighted by atomic mass is 10.2. The summed E-state index contributed by atoms with van der Waals surface area (Å²) in [6, 6.07) is 24.5. The van der Waals surface area contributed by atoms with Gasteiger partial charge in [0.25, 0.3) is 11.5 Å². The molecule has 0 radical (unpaired) electrons. The number of methoxy groups -OCH3 is 1. The molecule has 2 aromatic heterocycles. The highest BCUT2D eigenvalue weighted by molar-refractivity contribution is 6.30. The first-order valence-electron chi connectivity index (χ1n) is 13.0. The van der Waals surface area contributed by atoms with Crippen LogP contribution in [0.5, 0.6) is 11.5 Å². The van der Waals surface area contributed by atoms with Crippen molar-refractivity contribution < 1.29 is 23.1 Å². The van der Waals surface area contributed by atoms with Crippen LogP contribution >= 0.6 is 11.6 Å². The SMILES string of the molecule is COc1cccc2oc(-c3nc4ccccc4c(=O)n3N=Cc3cc(Cl)ccc3OCC(=O)Nc3ccccc3F)cc12. The van der Waals surface area contributed by atoms with E-state index < -0.39 is 23.9 Å². The quantitative estimate of drug-likeness (QED) is 0.201. The number of para-hydroxylation sites is 2. The summed E-state index contributed by atoms with van der Waals surface area (Å²) < 4.78 is 32.3. The lowest BCUT2D eigenvalue weighted by molar-refractivity contribution is -0.118. The van der Waals surface area contributed by atoms with Gasteiger partial charge in [-0.3, -0.25) is 9.59 Å². The van der Waals surface area contributed by atoms with E-state index in [4.69, 9.17) is 25.5 Å². The number of furan rings is 1. The number of rotatable bonds is 8. The number of anilines is 1. The Morgan fingerprint density at radius 2 is 1.84 bits per heavy atom. The summed E-state index contributed by atoms with van der Waals surface area (Å²) in [5, 5.41) is 8.36. The molecule has 1 amide bonds. The predicted octanol–water partition coefficient (Wildman–Crippen LogP) is 6.51. The molecule has 0 saturated carbocycles. The first-order valence-corrected chi connectivity index (χ1v) is 13.4. The van der Waals surface area contributed by atoms with Gasteiger partial charge in [-0.2, -0.15) is 9.78 Å². The maximum Gasteiger partial charge on any atom is 0.282 e. The van der Waals surface area contributed by atoms with Crippen molar-refractivity contribution in [2.24, 2.45) is 5.10 Å². The third kappa shape index (κ3) is 5.68. The average molecular weight is 597 g/mol. The first-order chi connectivity index (χ1) is 20.9. The Morgan fingerprint density at radius 3 is 2.67 bits per heavy atom. The molecule has 0 bridgehead atoms. The molecule has 6 rings (SSSR count). The Bertz CT molecular complexity index is 2090. The summed E-state index contributed by atoms with van der Waals surface area (Å²) >= 11 is 6.25. The molecule has 4 aromatic carbocycles.